The minimum absolute atomic E-state index is 0.0662. The van der Waals surface area contributed by atoms with Crippen molar-refractivity contribution in [1.29, 1.82) is 0 Å². The second-order valence-electron chi connectivity index (χ2n) is 5.02. The first-order valence-corrected chi connectivity index (χ1v) is 6.63. The predicted molar refractivity (Wildman–Crippen MR) is 74.7 cm³/mol. The summed E-state index contributed by atoms with van der Waals surface area (Å²) in [6, 6.07) is 0.438. The highest BCUT2D eigenvalue weighted by atomic mass is 16.4. The highest BCUT2D eigenvalue weighted by Crippen LogP contribution is 2.20. The lowest BCUT2D eigenvalue weighted by Crippen LogP contribution is -2.40. The van der Waals surface area contributed by atoms with Crippen molar-refractivity contribution in [2.75, 3.05) is 6.54 Å². The van der Waals surface area contributed by atoms with Crippen molar-refractivity contribution in [2.45, 2.75) is 18.9 Å². The number of carboxylic acid groups (broad SMARTS) is 1. The Morgan fingerprint density at radius 3 is 2.82 bits per heavy atom. The predicted octanol–water partition coefficient (Wildman–Crippen LogP) is -0.699. The fourth-order valence-electron chi connectivity index (χ4n) is 2.60. The molecule has 3 heterocycles. The zero-order valence-electron chi connectivity index (χ0n) is 11.3. The van der Waals surface area contributed by atoms with Crippen LogP contribution in [0.1, 0.15) is 23.2 Å². The number of hydrogen-bond donors (Lipinski definition) is 3. The monoisotopic (exact) mass is 304 g/mol. The third-order valence-electron chi connectivity index (χ3n) is 3.64. The summed E-state index contributed by atoms with van der Waals surface area (Å²) >= 11 is 0. The molecule has 9 heteroatoms. The number of pyridine rings is 1. The van der Waals surface area contributed by atoms with Crippen molar-refractivity contribution in [3.8, 4) is 0 Å². The van der Waals surface area contributed by atoms with Gasteiger partial charge in [-0.3, -0.25) is 19.6 Å². The fourth-order valence-corrected chi connectivity index (χ4v) is 2.60. The zero-order valence-corrected chi connectivity index (χ0v) is 11.3. The van der Waals surface area contributed by atoms with Crippen LogP contribution in [0.4, 0.5) is 0 Å². The molecule has 0 radical (unpaired) electrons. The molecule has 1 fully saturated rings. The van der Waals surface area contributed by atoms with Crippen LogP contribution in [0.5, 0.6) is 0 Å². The van der Waals surface area contributed by atoms with E-state index in [0.717, 1.165) is 0 Å². The van der Waals surface area contributed by atoms with E-state index in [-0.39, 0.29) is 16.6 Å². The molecule has 0 aromatic carbocycles. The number of fused-ring (bicyclic) bond motifs is 1. The quantitative estimate of drug-likeness (QED) is 0.671. The van der Waals surface area contributed by atoms with E-state index in [1.54, 1.807) is 0 Å². The maximum absolute atomic E-state index is 12.4. The van der Waals surface area contributed by atoms with Gasteiger partial charge in [0.1, 0.15) is 11.7 Å². The normalized spacial score (nSPS) is 17.8. The van der Waals surface area contributed by atoms with E-state index in [2.05, 4.69) is 15.0 Å². The lowest BCUT2D eigenvalue weighted by molar-refractivity contribution is -0.141. The Morgan fingerprint density at radius 1 is 1.32 bits per heavy atom. The summed E-state index contributed by atoms with van der Waals surface area (Å²) in [5.41, 5.74) is -1.16. The number of H-pyrrole nitrogens is 2. The number of likely N-dealkylation sites (tertiary alicyclic amines) is 1. The highest BCUT2D eigenvalue weighted by molar-refractivity contribution is 5.98. The number of carboxylic acids is 1. The first-order chi connectivity index (χ1) is 10.5. The molecule has 0 bridgehead atoms. The van der Waals surface area contributed by atoms with Gasteiger partial charge in [0.25, 0.3) is 11.5 Å². The Kier molecular flexibility index (Phi) is 3.24. The van der Waals surface area contributed by atoms with Gasteiger partial charge >= 0.3 is 11.7 Å². The van der Waals surface area contributed by atoms with E-state index in [4.69, 9.17) is 5.11 Å². The van der Waals surface area contributed by atoms with Gasteiger partial charge in [0, 0.05) is 12.7 Å². The van der Waals surface area contributed by atoms with Gasteiger partial charge in [-0.05, 0) is 18.9 Å². The number of carbonyl (C=O) groups is 2. The molecule has 0 saturated carbocycles. The molecule has 0 spiro atoms. The molecule has 2 aromatic heterocycles. The summed E-state index contributed by atoms with van der Waals surface area (Å²) in [4.78, 5) is 56.0. The van der Waals surface area contributed by atoms with Crippen molar-refractivity contribution in [1.82, 2.24) is 19.9 Å². The minimum atomic E-state index is -1.05. The number of aromatic nitrogens is 3. The van der Waals surface area contributed by atoms with Crippen LogP contribution in [-0.4, -0.2) is 49.4 Å². The summed E-state index contributed by atoms with van der Waals surface area (Å²) in [6.45, 7) is 0.343. The van der Waals surface area contributed by atoms with Crippen molar-refractivity contribution in [3.05, 3.63) is 38.7 Å². The van der Waals surface area contributed by atoms with Crippen molar-refractivity contribution >= 4 is 22.9 Å². The Balaban J connectivity index is 2.03. The first kappa shape index (κ1) is 14.0. The van der Waals surface area contributed by atoms with Crippen LogP contribution in [-0.2, 0) is 4.79 Å². The molecule has 114 valence electrons. The van der Waals surface area contributed by atoms with E-state index in [1.807, 2.05) is 0 Å². The van der Waals surface area contributed by atoms with Crippen molar-refractivity contribution in [3.63, 3.8) is 0 Å². The second kappa shape index (κ2) is 5.10. The largest absolute Gasteiger partial charge is 0.480 e. The minimum Gasteiger partial charge on any atom is -0.480 e. The molecule has 0 aliphatic carbocycles. The molecule has 1 atom stereocenters. The average Bonchev–Trinajstić information content (AvgIpc) is 2.95. The second-order valence-corrected chi connectivity index (χ2v) is 5.02. The number of nitrogens with one attached hydrogen (secondary N) is 2. The van der Waals surface area contributed by atoms with Gasteiger partial charge in [-0.1, -0.05) is 0 Å². The van der Waals surface area contributed by atoms with E-state index in [9.17, 15) is 19.2 Å². The van der Waals surface area contributed by atoms with Crippen LogP contribution in [0.25, 0.3) is 11.0 Å². The number of rotatable bonds is 2. The first-order valence-electron chi connectivity index (χ1n) is 6.63. The number of hydrogen-bond acceptors (Lipinski definition) is 5. The molecule has 1 saturated heterocycles. The molecular formula is C13H12N4O5. The number of nitrogens with zero attached hydrogens (tertiary/aromatic N) is 2. The Morgan fingerprint density at radius 2 is 2.09 bits per heavy atom. The number of carbonyl (C=O) groups excluding carboxylic acids is 1. The molecule has 3 N–H and O–H groups in total. The van der Waals surface area contributed by atoms with E-state index in [1.165, 1.54) is 17.2 Å². The maximum atomic E-state index is 12.4. The molecule has 9 nitrogen and oxygen atoms in total. The van der Waals surface area contributed by atoms with Gasteiger partial charge in [0.15, 0.2) is 0 Å². The molecule has 1 amide bonds. The van der Waals surface area contributed by atoms with Crippen LogP contribution in [0, 0.1) is 0 Å². The maximum Gasteiger partial charge on any atom is 0.327 e. The fraction of sp³-hybridized carbons (Fsp3) is 0.308. The Hall–Kier alpha value is -2.97. The van der Waals surface area contributed by atoms with Gasteiger partial charge in [0.2, 0.25) is 0 Å². The summed E-state index contributed by atoms with van der Waals surface area (Å²) in [5.74, 6) is -1.55. The van der Waals surface area contributed by atoms with Gasteiger partial charge in [-0.25, -0.2) is 14.6 Å². The smallest absolute Gasteiger partial charge is 0.327 e. The lowest BCUT2D eigenvalue weighted by atomic mass is 10.2. The van der Waals surface area contributed by atoms with Crippen LogP contribution in [0.15, 0.2) is 21.9 Å². The van der Waals surface area contributed by atoms with Gasteiger partial charge in [-0.2, -0.15) is 0 Å². The van der Waals surface area contributed by atoms with E-state index < -0.39 is 29.2 Å². The summed E-state index contributed by atoms with van der Waals surface area (Å²) < 4.78 is 0. The number of amides is 1. The van der Waals surface area contributed by atoms with Crippen LogP contribution < -0.4 is 11.2 Å². The molecular weight excluding hydrogens is 292 g/mol. The van der Waals surface area contributed by atoms with Gasteiger partial charge < -0.3 is 10.0 Å². The van der Waals surface area contributed by atoms with Crippen LogP contribution in [0.2, 0.25) is 0 Å². The third kappa shape index (κ3) is 2.26. The third-order valence-corrected chi connectivity index (χ3v) is 3.64. The SMILES string of the molecule is O=C(O)[C@H]1CCCN1C(=O)c1cnc2[nH]c(=O)[nH]c(=O)c2c1. The van der Waals surface area contributed by atoms with Crippen LogP contribution >= 0.6 is 0 Å². The van der Waals surface area contributed by atoms with Gasteiger partial charge in [-0.15, -0.1) is 0 Å². The lowest BCUT2D eigenvalue weighted by Gasteiger charge is -2.21. The molecule has 1 aliphatic rings. The van der Waals surface area contributed by atoms with Crippen LogP contribution in [0.3, 0.4) is 0 Å². The van der Waals surface area contributed by atoms with Crippen molar-refractivity contribution in [2.24, 2.45) is 0 Å². The standard InChI is InChI=1S/C13H12N4O5/c18-10-7-4-6(5-14-9(7)15-13(22)16-10)11(19)17-3-1-2-8(17)12(20)21/h4-5,8H,1-3H2,(H,20,21)(H2,14,15,16,18,22)/t8-/m1/s1. The Bertz CT molecular complexity index is 884. The molecule has 1 aliphatic heterocycles. The summed E-state index contributed by atoms with van der Waals surface area (Å²) in [7, 11) is 0. The average molecular weight is 304 g/mol. The van der Waals surface area contributed by atoms with Crippen molar-refractivity contribution < 1.29 is 14.7 Å². The van der Waals surface area contributed by atoms with E-state index >= 15 is 0 Å². The van der Waals surface area contributed by atoms with Gasteiger partial charge in [0.05, 0.1) is 10.9 Å². The van der Waals surface area contributed by atoms with E-state index in [0.29, 0.717) is 19.4 Å². The summed E-state index contributed by atoms with van der Waals surface area (Å²) in [6.07, 6.45) is 2.23. The number of aliphatic carboxylic acids is 1. The molecule has 3 rings (SSSR count). The molecule has 22 heavy (non-hydrogen) atoms. The Labute approximate surface area is 122 Å². The zero-order chi connectivity index (χ0) is 15.9. The molecule has 2 aromatic rings. The molecule has 0 unspecified atom stereocenters. The topological polar surface area (TPSA) is 136 Å². The highest BCUT2D eigenvalue weighted by Gasteiger charge is 2.34. The number of aromatic amines is 2. The summed E-state index contributed by atoms with van der Waals surface area (Å²) in [5, 5.41) is 9.19.